The summed E-state index contributed by atoms with van der Waals surface area (Å²) in [6.45, 7) is 16.0. The Hall–Kier alpha value is -0.730. The van der Waals surface area contributed by atoms with E-state index in [0.29, 0.717) is 11.3 Å². The average Bonchev–Trinajstić information content (AvgIpc) is 2.12. The number of hydrogen-bond acceptors (Lipinski definition) is 1. The lowest BCUT2D eigenvalue weighted by Gasteiger charge is -2.19. The van der Waals surface area contributed by atoms with Gasteiger partial charge in [-0.1, -0.05) is 34.6 Å². The summed E-state index contributed by atoms with van der Waals surface area (Å²) >= 11 is 0. The van der Waals surface area contributed by atoms with E-state index in [2.05, 4.69) is 57.2 Å². The fourth-order valence-corrected chi connectivity index (χ4v) is 1.17. The minimum Gasteiger partial charge on any atom is -0.357 e. The summed E-state index contributed by atoms with van der Waals surface area (Å²) in [5.74, 6) is 1.55. The Morgan fingerprint density at radius 2 is 1.81 bits per heavy atom. The molecule has 96 valence electrons. The van der Waals surface area contributed by atoms with E-state index in [1.807, 2.05) is 0 Å². The van der Waals surface area contributed by atoms with Crippen LogP contribution in [0.1, 0.15) is 48.0 Å². The molecule has 0 aliphatic carbocycles. The van der Waals surface area contributed by atoms with Crippen molar-refractivity contribution in [2.24, 2.45) is 16.3 Å². The molecule has 0 fully saturated rings. The standard InChI is InChI=1S/C13H29N3/c1-7-14-12(16-10-11(2)3)15-9-8-13(4,5)6/h11H,7-10H2,1-6H3,(H2,14,15,16). The van der Waals surface area contributed by atoms with Gasteiger partial charge in [-0.15, -0.1) is 0 Å². The van der Waals surface area contributed by atoms with Crippen LogP contribution < -0.4 is 10.6 Å². The monoisotopic (exact) mass is 227 g/mol. The molecule has 0 aliphatic heterocycles. The van der Waals surface area contributed by atoms with Crippen molar-refractivity contribution in [3.8, 4) is 0 Å². The van der Waals surface area contributed by atoms with E-state index in [-0.39, 0.29) is 0 Å². The van der Waals surface area contributed by atoms with Gasteiger partial charge in [0.1, 0.15) is 0 Å². The van der Waals surface area contributed by atoms with E-state index >= 15 is 0 Å². The van der Waals surface area contributed by atoms with Crippen molar-refractivity contribution < 1.29 is 0 Å². The van der Waals surface area contributed by atoms with Crippen molar-refractivity contribution in [3.05, 3.63) is 0 Å². The Kier molecular flexibility index (Phi) is 7.18. The fourth-order valence-electron chi connectivity index (χ4n) is 1.17. The number of rotatable bonds is 5. The summed E-state index contributed by atoms with van der Waals surface area (Å²) in [4.78, 5) is 4.53. The molecule has 0 saturated heterocycles. The first-order chi connectivity index (χ1) is 7.35. The first kappa shape index (κ1) is 15.3. The molecule has 0 aromatic heterocycles. The highest BCUT2D eigenvalue weighted by atomic mass is 15.2. The lowest BCUT2D eigenvalue weighted by atomic mass is 9.92. The molecule has 0 amide bonds. The van der Waals surface area contributed by atoms with E-state index in [9.17, 15) is 0 Å². The molecule has 2 N–H and O–H groups in total. The molecule has 0 unspecified atom stereocenters. The quantitative estimate of drug-likeness (QED) is 0.559. The third-order valence-corrected chi connectivity index (χ3v) is 2.13. The highest BCUT2D eigenvalue weighted by Gasteiger charge is 2.09. The molecule has 3 nitrogen and oxygen atoms in total. The molecule has 0 aliphatic rings. The van der Waals surface area contributed by atoms with Crippen LogP contribution in [0.4, 0.5) is 0 Å². The predicted octanol–water partition coefficient (Wildman–Crippen LogP) is 2.63. The fraction of sp³-hybridized carbons (Fsp3) is 0.923. The predicted molar refractivity (Wildman–Crippen MR) is 72.9 cm³/mol. The average molecular weight is 227 g/mol. The summed E-state index contributed by atoms with van der Waals surface area (Å²) in [6, 6.07) is 0. The first-order valence-corrected chi connectivity index (χ1v) is 6.37. The van der Waals surface area contributed by atoms with Gasteiger partial charge in [-0.25, -0.2) is 0 Å². The van der Waals surface area contributed by atoms with Crippen molar-refractivity contribution in [1.29, 1.82) is 0 Å². The molecule has 0 radical (unpaired) electrons. The van der Waals surface area contributed by atoms with Gasteiger partial charge < -0.3 is 10.6 Å². The van der Waals surface area contributed by atoms with E-state index in [1.54, 1.807) is 0 Å². The minimum absolute atomic E-state index is 0.377. The van der Waals surface area contributed by atoms with Crippen molar-refractivity contribution in [1.82, 2.24) is 10.6 Å². The smallest absolute Gasteiger partial charge is 0.191 e. The molecule has 0 saturated carbocycles. The summed E-state index contributed by atoms with van der Waals surface area (Å²) < 4.78 is 0. The van der Waals surface area contributed by atoms with Crippen molar-refractivity contribution >= 4 is 5.96 Å². The summed E-state index contributed by atoms with van der Waals surface area (Å²) in [5.41, 5.74) is 0.377. The summed E-state index contributed by atoms with van der Waals surface area (Å²) in [7, 11) is 0. The van der Waals surface area contributed by atoms with E-state index in [1.165, 1.54) is 0 Å². The lowest BCUT2D eigenvalue weighted by Crippen LogP contribution is -2.39. The number of nitrogens with zero attached hydrogens (tertiary/aromatic N) is 1. The van der Waals surface area contributed by atoms with Crippen LogP contribution in [0.25, 0.3) is 0 Å². The van der Waals surface area contributed by atoms with Crippen LogP contribution >= 0.6 is 0 Å². The van der Waals surface area contributed by atoms with E-state index in [0.717, 1.165) is 32.0 Å². The van der Waals surface area contributed by atoms with Gasteiger partial charge in [0.2, 0.25) is 0 Å². The van der Waals surface area contributed by atoms with Crippen molar-refractivity contribution in [2.75, 3.05) is 19.6 Å². The van der Waals surface area contributed by atoms with Gasteiger partial charge in [0.15, 0.2) is 5.96 Å². The van der Waals surface area contributed by atoms with Gasteiger partial charge in [-0.2, -0.15) is 0 Å². The van der Waals surface area contributed by atoms with Crippen LogP contribution in [0.2, 0.25) is 0 Å². The molecule has 3 heteroatoms. The zero-order chi connectivity index (χ0) is 12.6. The minimum atomic E-state index is 0.377. The Morgan fingerprint density at radius 3 is 2.25 bits per heavy atom. The largest absolute Gasteiger partial charge is 0.357 e. The Morgan fingerprint density at radius 1 is 1.19 bits per heavy atom. The first-order valence-electron chi connectivity index (χ1n) is 6.37. The van der Waals surface area contributed by atoms with E-state index in [4.69, 9.17) is 0 Å². The number of nitrogens with one attached hydrogen (secondary N) is 2. The normalized spacial score (nSPS) is 13.1. The van der Waals surface area contributed by atoms with Crippen LogP contribution in [0.15, 0.2) is 4.99 Å². The zero-order valence-corrected chi connectivity index (χ0v) is 11.9. The second-order valence-corrected chi connectivity index (χ2v) is 5.85. The molecule has 0 bridgehead atoms. The van der Waals surface area contributed by atoms with Crippen LogP contribution in [0.3, 0.4) is 0 Å². The van der Waals surface area contributed by atoms with Crippen LogP contribution in [0, 0.1) is 11.3 Å². The maximum absolute atomic E-state index is 4.53. The van der Waals surface area contributed by atoms with Crippen LogP contribution in [-0.4, -0.2) is 25.6 Å². The third-order valence-electron chi connectivity index (χ3n) is 2.13. The maximum atomic E-state index is 4.53. The molecule has 0 aromatic carbocycles. The van der Waals surface area contributed by atoms with Gasteiger partial charge >= 0.3 is 0 Å². The van der Waals surface area contributed by atoms with Crippen LogP contribution in [-0.2, 0) is 0 Å². The molecule has 0 rings (SSSR count). The van der Waals surface area contributed by atoms with Crippen molar-refractivity contribution in [3.63, 3.8) is 0 Å². The second-order valence-electron chi connectivity index (χ2n) is 5.85. The molecule has 0 aromatic rings. The highest BCUT2D eigenvalue weighted by Crippen LogP contribution is 2.16. The molecule has 0 atom stereocenters. The van der Waals surface area contributed by atoms with Gasteiger partial charge in [-0.3, -0.25) is 4.99 Å². The zero-order valence-electron chi connectivity index (χ0n) is 11.9. The molecular weight excluding hydrogens is 198 g/mol. The third kappa shape index (κ3) is 9.81. The molecule has 0 heterocycles. The maximum Gasteiger partial charge on any atom is 0.191 e. The number of hydrogen-bond donors (Lipinski definition) is 2. The second kappa shape index (κ2) is 7.53. The lowest BCUT2D eigenvalue weighted by molar-refractivity contribution is 0.377. The number of aliphatic imine (C=N–C) groups is 1. The van der Waals surface area contributed by atoms with Gasteiger partial charge in [-0.05, 0) is 24.7 Å². The Bertz CT molecular complexity index is 202. The van der Waals surface area contributed by atoms with Crippen molar-refractivity contribution in [2.45, 2.75) is 48.0 Å². The molecular formula is C13H29N3. The van der Waals surface area contributed by atoms with Crippen LogP contribution in [0.5, 0.6) is 0 Å². The number of guanidine groups is 1. The van der Waals surface area contributed by atoms with Gasteiger partial charge in [0.25, 0.3) is 0 Å². The molecule has 16 heavy (non-hydrogen) atoms. The van der Waals surface area contributed by atoms with E-state index < -0.39 is 0 Å². The van der Waals surface area contributed by atoms with Gasteiger partial charge in [0, 0.05) is 19.6 Å². The summed E-state index contributed by atoms with van der Waals surface area (Å²) in [6.07, 6.45) is 1.15. The Balaban J connectivity index is 3.98. The topological polar surface area (TPSA) is 36.4 Å². The Labute approximate surface area is 101 Å². The highest BCUT2D eigenvalue weighted by molar-refractivity contribution is 5.79. The molecule has 0 spiro atoms. The van der Waals surface area contributed by atoms with Gasteiger partial charge in [0.05, 0.1) is 0 Å². The summed E-state index contributed by atoms with van der Waals surface area (Å²) in [5, 5.41) is 6.63. The SMILES string of the molecule is CCNC(=NCC(C)C)NCCC(C)(C)C.